The minimum absolute atomic E-state index is 0.0324. The quantitative estimate of drug-likeness (QED) is 0.879. The van der Waals surface area contributed by atoms with Gasteiger partial charge in [-0.2, -0.15) is 0 Å². The second-order valence-corrected chi connectivity index (χ2v) is 5.49. The van der Waals surface area contributed by atoms with Gasteiger partial charge in [-0.15, -0.1) is 0 Å². The SMILES string of the molecule is Cc1cc(C)cc(NC(=O)CCc2ccc(Cl)cc2)c1. The number of amides is 1. The monoisotopic (exact) mass is 287 g/mol. The van der Waals surface area contributed by atoms with Crippen molar-refractivity contribution >= 4 is 23.2 Å². The van der Waals surface area contributed by atoms with Crippen molar-refractivity contribution in [2.45, 2.75) is 26.7 Å². The van der Waals surface area contributed by atoms with E-state index in [0.29, 0.717) is 17.9 Å². The van der Waals surface area contributed by atoms with Crippen molar-refractivity contribution in [2.24, 2.45) is 0 Å². The molecule has 0 atom stereocenters. The van der Waals surface area contributed by atoms with Crippen molar-refractivity contribution < 1.29 is 4.79 Å². The van der Waals surface area contributed by atoms with Gasteiger partial charge in [0.05, 0.1) is 0 Å². The number of halogens is 1. The summed E-state index contributed by atoms with van der Waals surface area (Å²) in [7, 11) is 0. The second-order valence-electron chi connectivity index (χ2n) is 5.05. The minimum atomic E-state index is 0.0324. The summed E-state index contributed by atoms with van der Waals surface area (Å²) in [5.41, 5.74) is 4.28. The fourth-order valence-electron chi connectivity index (χ4n) is 2.18. The first-order chi connectivity index (χ1) is 9.52. The summed E-state index contributed by atoms with van der Waals surface area (Å²) in [5.74, 6) is 0.0324. The summed E-state index contributed by atoms with van der Waals surface area (Å²) in [6.07, 6.45) is 1.18. The minimum Gasteiger partial charge on any atom is -0.326 e. The Balaban J connectivity index is 1.90. The molecule has 0 heterocycles. The molecule has 3 heteroatoms. The molecule has 0 aliphatic carbocycles. The number of carbonyl (C=O) groups excluding carboxylic acids is 1. The number of aryl methyl sites for hydroxylation is 3. The van der Waals surface area contributed by atoms with Crippen LogP contribution in [-0.4, -0.2) is 5.91 Å². The summed E-state index contributed by atoms with van der Waals surface area (Å²) in [5, 5.41) is 3.66. The molecule has 0 unspecified atom stereocenters. The number of benzene rings is 2. The largest absolute Gasteiger partial charge is 0.326 e. The number of hydrogen-bond acceptors (Lipinski definition) is 1. The van der Waals surface area contributed by atoms with Gasteiger partial charge in [-0.25, -0.2) is 0 Å². The van der Waals surface area contributed by atoms with E-state index >= 15 is 0 Å². The van der Waals surface area contributed by atoms with E-state index in [2.05, 4.69) is 11.4 Å². The van der Waals surface area contributed by atoms with Gasteiger partial charge in [0.1, 0.15) is 0 Å². The van der Waals surface area contributed by atoms with Crippen molar-refractivity contribution in [3.63, 3.8) is 0 Å². The maximum Gasteiger partial charge on any atom is 0.224 e. The topological polar surface area (TPSA) is 29.1 Å². The van der Waals surface area contributed by atoms with E-state index in [1.165, 1.54) is 0 Å². The Morgan fingerprint density at radius 1 is 1.05 bits per heavy atom. The molecule has 0 aliphatic heterocycles. The molecule has 2 aromatic carbocycles. The van der Waals surface area contributed by atoms with E-state index in [0.717, 1.165) is 22.4 Å². The first-order valence-corrected chi connectivity index (χ1v) is 7.03. The molecule has 0 saturated carbocycles. The van der Waals surface area contributed by atoms with Crippen LogP contribution in [0.5, 0.6) is 0 Å². The van der Waals surface area contributed by atoms with Crippen molar-refractivity contribution in [2.75, 3.05) is 5.32 Å². The van der Waals surface area contributed by atoms with Crippen LogP contribution in [0.1, 0.15) is 23.1 Å². The highest BCUT2D eigenvalue weighted by Crippen LogP contribution is 2.15. The Hall–Kier alpha value is -1.80. The summed E-state index contributed by atoms with van der Waals surface area (Å²) in [6.45, 7) is 4.05. The van der Waals surface area contributed by atoms with Crippen molar-refractivity contribution in [3.05, 3.63) is 64.2 Å². The van der Waals surface area contributed by atoms with E-state index in [-0.39, 0.29) is 5.91 Å². The molecule has 2 nitrogen and oxygen atoms in total. The molecule has 2 rings (SSSR count). The van der Waals surface area contributed by atoms with Gasteiger partial charge in [-0.05, 0) is 61.2 Å². The highest BCUT2D eigenvalue weighted by molar-refractivity contribution is 6.30. The van der Waals surface area contributed by atoms with Crippen LogP contribution in [0.2, 0.25) is 5.02 Å². The van der Waals surface area contributed by atoms with Gasteiger partial charge in [0.15, 0.2) is 0 Å². The summed E-state index contributed by atoms with van der Waals surface area (Å²) >= 11 is 5.83. The molecule has 104 valence electrons. The van der Waals surface area contributed by atoms with Gasteiger partial charge >= 0.3 is 0 Å². The Kier molecular flexibility index (Phi) is 4.80. The smallest absolute Gasteiger partial charge is 0.224 e. The zero-order valence-electron chi connectivity index (χ0n) is 11.7. The lowest BCUT2D eigenvalue weighted by Crippen LogP contribution is -2.12. The molecule has 2 aromatic rings. The maximum atomic E-state index is 11.9. The molecule has 0 aliphatic rings. The highest BCUT2D eigenvalue weighted by atomic mass is 35.5. The van der Waals surface area contributed by atoms with Crippen LogP contribution in [0.3, 0.4) is 0 Å². The molecule has 1 N–H and O–H groups in total. The van der Waals surface area contributed by atoms with Crippen LogP contribution in [0.4, 0.5) is 5.69 Å². The number of anilines is 1. The van der Waals surface area contributed by atoms with Gasteiger partial charge < -0.3 is 5.32 Å². The first kappa shape index (κ1) is 14.6. The molecular formula is C17H18ClNO. The summed E-state index contributed by atoms with van der Waals surface area (Å²) in [6, 6.07) is 13.6. The highest BCUT2D eigenvalue weighted by Gasteiger charge is 2.04. The van der Waals surface area contributed by atoms with Crippen LogP contribution < -0.4 is 5.32 Å². The van der Waals surface area contributed by atoms with Gasteiger partial charge in [0.25, 0.3) is 0 Å². The van der Waals surface area contributed by atoms with Crippen LogP contribution in [0.25, 0.3) is 0 Å². The first-order valence-electron chi connectivity index (χ1n) is 6.65. The fourth-order valence-corrected chi connectivity index (χ4v) is 2.31. The third-order valence-electron chi connectivity index (χ3n) is 3.06. The molecule has 1 amide bonds. The van der Waals surface area contributed by atoms with Crippen molar-refractivity contribution in [1.82, 2.24) is 0 Å². The lowest BCUT2D eigenvalue weighted by Gasteiger charge is -2.07. The molecule has 0 aromatic heterocycles. The molecule has 20 heavy (non-hydrogen) atoms. The van der Waals surface area contributed by atoms with Crippen molar-refractivity contribution in [1.29, 1.82) is 0 Å². The molecule has 0 spiro atoms. The average molecular weight is 288 g/mol. The van der Waals surface area contributed by atoms with Crippen molar-refractivity contribution in [3.8, 4) is 0 Å². The van der Waals surface area contributed by atoms with E-state index in [1.54, 1.807) is 0 Å². The van der Waals surface area contributed by atoms with Crippen LogP contribution in [-0.2, 0) is 11.2 Å². The third-order valence-corrected chi connectivity index (χ3v) is 3.31. The summed E-state index contributed by atoms with van der Waals surface area (Å²) in [4.78, 5) is 11.9. The van der Waals surface area contributed by atoms with E-state index < -0.39 is 0 Å². The van der Waals surface area contributed by atoms with Gasteiger partial charge in [0.2, 0.25) is 5.91 Å². The van der Waals surface area contributed by atoms with Crippen LogP contribution in [0.15, 0.2) is 42.5 Å². The molecule has 0 saturated heterocycles. The lowest BCUT2D eigenvalue weighted by atomic mass is 10.1. The summed E-state index contributed by atoms with van der Waals surface area (Å²) < 4.78 is 0. The number of nitrogens with one attached hydrogen (secondary N) is 1. The Morgan fingerprint density at radius 2 is 1.65 bits per heavy atom. The number of hydrogen-bond donors (Lipinski definition) is 1. The molecule has 0 bridgehead atoms. The lowest BCUT2D eigenvalue weighted by molar-refractivity contribution is -0.116. The average Bonchev–Trinajstić information content (AvgIpc) is 2.37. The van der Waals surface area contributed by atoms with Crippen LogP contribution in [0, 0.1) is 13.8 Å². The number of rotatable bonds is 4. The molecule has 0 radical (unpaired) electrons. The van der Waals surface area contributed by atoms with Gasteiger partial charge in [-0.1, -0.05) is 29.8 Å². The van der Waals surface area contributed by atoms with Gasteiger partial charge in [-0.3, -0.25) is 4.79 Å². The molecular weight excluding hydrogens is 270 g/mol. The third kappa shape index (κ3) is 4.39. The predicted molar refractivity (Wildman–Crippen MR) is 84.3 cm³/mol. The maximum absolute atomic E-state index is 11.9. The Bertz CT molecular complexity index is 585. The normalized spacial score (nSPS) is 10.3. The van der Waals surface area contributed by atoms with E-state index in [9.17, 15) is 4.79 Å². The van der Waals surface area contributed by atoms with E-state index in [4.69, 9.17) is 11.6 Å². The molecule has 0 fully saturated rings. The van der Waals surface area contributed by atoms with E-state index in [1.807, 2.05) is 50.2 Å². The number of carbonyl (C=O) groups is 1. The Labute approximate surface area is 124 Å². The van der Waals surface area contributed by atoms with Crippen LogP contribution >= 0.6 is 11.6 Å². The Morgan fingerprint density at radius 3 is 2.25 bits per heavy atom. The second kappa shape index (κ2) is 6.58. The zero-order chi connectivity index (χ0) is 14.5. The standard InChI is InChI=1S/C17H18ClNO/c1-12-9-13(2)11-16(10-12)19-17(20)8-5-14-3-6-15(18)7-4-14/h3-4,6-7,9-11H,5,8H2,1-2H3,(H,19,20). The van der Waals surface area contributed by atoms with Gasteiger partial charge in [0, 0.05) is 17.1 Å². The fraction of sp³-hybridized carbons (Fsp3) is 0.235. The predicted octanol–water partition coefficient (Wildman–Crippen LogP) is 4.53. The zero-order valence-corrected chi connectivity index (χ0v) is 12.5.